The zero-order chi connectivity index (χ0) is 15.9. The second-order valence-corrected chi connectivity index (χ2v) is 7.06. The van der Waals surface area contributed by atoms with Crippen LogP contribution in [-0.4, -0.2) is 43.8 Å². The van der Waals surface area contributed by atoms with E-state index in [4.69, 9.17) is 0 Å². The highest BCUT2D eigenvalue weighted by atomic mass is 19.4. The van der Waals surface area contributed by atoms with Gasteiger partial charge in [0.2, 0.25) is 0 Å². The predicted octanol–water partition coefficient (Wildman–Crippen LogP) is 4.07. The third kappa shape index (κ3) is 7.50. The van der Waals surface area contributed by atoms with Crippen molar-refractivity contribution in [2.24, 2.45) is 11.3 Å². The number of hydrogen-bond donors (Lipinski definition) is 1. The van der Waals surface area contributed by atoms with Crippen LogP contribution in [0, 0.1) is 11.3 Å². The molecular weight excluding hydrogens is 277 g/mol. The van der Waals surface area contributed by atoms with Crippen LogP contribution >= 0.6 is 0 Å². The first-order chi connectivity index (χ1) is 9.76. The van der Waals surface area contributed by atoms with Crippen LogP contribution in [-0.2, 0) is 0 Å². The first-order valence-electron chi connectivity index (χ1n) is 8.26. The summed E-state index contributed by atoms with van der Waals surface area (Å²) in [6.45, 7) is 8.38. The van der Waals surface area contributed by atoms with E-state index in [1.54, 1.807) is 4.90 Å². The van der Waals surface area contributed by atoms with Crippen LogP contribution < -0.4 is 5.32 Å². The largest absolute Gasteiger partial charge is 0.401 e. The van der Waals surface area contributed by atoms with E-state index in [2.05, 4.69) is 19.2 Å². The van der Waals surface area contributed by atoms with Crippen LogP contribution in [0.5, 0.6) is 0 Å². The van der Waals surface area contributed by atoms with Crippen LogP contribution in [0.1, 0.15) is 52.9 Å². The Morgan fingerprint density at radius 3 is 2.29 bits per heavy atom. The molecule has 0 aromatic heterocycles. The monoisotopic (exact) mass is 308 g/mol. The molecule has 1 saturated carbocycles. The van der Waals surface area contributed by atoms with Gasteiger partial charge in [0.25, 0.3) is 0 Å². The third-order valence-corrected chi connectivity index (χ3v) is 4.22. The highest BCUT2D eigenvalue weighted by molar-refractivity contribution is 4.90. The summed E-state index contributed by atoms with van der Waals surface area (Å²) in [4.78, 5) is 1.61. The molecule has 1 N–H and O–H groups in total. The topological polar surface area (TPSA) is 15.3 Å². The quantitative estimate of drug-likeness (QED) is 0.691. The van der Waals surface area contributed by atoms with Crippen LogP contribution in [0.25, 0.3) is 0 Å². The minimum atomic E-state index is -4.10. The van der Waals surface area contributed by atoms with Gasteiger partial charge in [0.15, 0.2) is 0 Å². The number of rotatable bonds is 9. The molecule has 1 fully saturated rings. The summed E-state index contributed by atoms with van der Waals surface area (Å²) in [7, 11) is 0. The molecule has 0 atom stereocenters. The molecule has 0 unspecified atom stereocenters. The van der Waals surface area contributed by atoms with Crippen molar-refractivity contribution in [1.29, 1.82) is 0 Å². The molecular formula is C16H31F3N2. The van der Waals surface area contributed by atoms with Gasteiger partial charge in [-0.2, -0.15) is 13.2 Å². The van der Waals surface area contributed by atoms with Crippen LogP contribution in [0.2, 0.25) is 0 Å². The van der Waals surface area contributed by atoms with E-state index in [-0.39, 0.29) is 5.41 Å². The molecule has 0 radical (unpaired) electrons. The molecule has 0 bridgehead atoms. The summed E-state index contributed by atoms with van der Waals surface area (Å²) in [5, 5.41) is 3.47. The summed E-state index contributed by atoms with van der Waals surface area (Å²) < 4.78 is 38.2. The van der Waals surface area contributed by atoms with E-state index in [1.807, 2.05) is 6.92 Å². The Hall–Kier alpha value is -0.290. The van der Waals surface area contributed by atoms with Crippen molar-refractivity contribution < 1.29 is 13.2 Å². The highest BCUT2D eigenvalue weighted by Crippen LogP contribution is 2.38. The maximum Gasteiger partial charge on any atom is 0.401 e. The Morgan fingerprint density at radius 1 is 1.19 bits per heavy atom. The van der Waals surface area contributed by atoms with Crippen LogP contribution in [0.15, 0.2) is 0 Å². The average molecular weight is 308 g/mol. The lowest BCUT2D eigenvalue weighted by Crippen LogP contribution is -2.46. The van der Waals surface area contributed by atoms with Gasteiger partial charge in [-0.1, -0.05) is 33.6 Å². The average Bonchev–Trinajstić information content (AvgIpc) is 2.75. The minimum absolute atomic E-state index is 0.0370. The first kappa shape index (κ1) is 18.8. The maximum absolute atomic E-state index is 12.7. The van der Waals surface area contributed by atoms with Gasteiger partial charge in [0.05, 0.1) is 6.54 Å². The van der Waals surface area contributed by atoms with Gasteiger partial charge in [0, 0.05) is 13.1 Å². The Morgan fingerprint density at radius 2 is 1.81 bits per heavy atom. The van der Waals surface area contributed by atoms with E-state index in [0.717, 1.165) is 45.2 Å². The van der Waals surface area contributed by atoms with E-state index in [9.17, 15) is 13.2 Å². The first-order valence-corrected chi connectivity index (χ1v) is 8.26. The van der Waals surface area contributed by atoms with Crippen molar-refractivity contribution in [1.82, 2.24) is 10.2 Å². The molecule has 126 valence electrons. The lowest BCUT2D eigenvalue weighted by Gasteiger charge is -2.36. The fraction of sp³-hybridized carbons (Fsp3) is 1.00. The fourth-order valence-electron chi connectivity index (χ4n) is 3.40. The summed E-state index contributed by atoms with van der Waals surface area (Å²) in [5.41, 5.74) is 0.0370. The van der Waals surface area contributed by atoms with Gasteiger partial charge < -0.3 is 5.32 Å². The Kier molecular flexibility index (Phi) is 7.48. The molecule has 21 heavy (non-hydrogen) atoms. The molecule has 0 amide bonds. The van der Waals surface area contributed by atoms with Gasteiger partial charge in [0.1, 0.15) is 0 Å². The summed E-state index contributed by atoms with van der Waals surface area (Å²) in [6, 6.07) is 0. The Balaban J connectivity index is 2.60. The van der Waals surface area contributed by atoms with E-state index >= 15 is 0 Å². The van der Waals surface area contributed by atoms with E-state index in [1.165, 1.54) is 0 Å². The van der Waals surface area contributed by atoms with Crippen LogP contribution in [0.3, 0.4) is 0 Å². The highest BCUT2D eigenvalue weighted by Gasteiger charge is 2.38. The van der Waals surface area contributed by atoms with Gasteiger partial charge in [-0.05, 0) is 43.7 Å². The molecule has 0 saturated heterocycles. The molecule has 1 rings (SSSR count). The number of hydrogen-bond acceptors (Lipinski definition) is 2. The van der Waals surface area contributed by atoms with Crippen molar-refractivity contribution in [3.63, 3.8) is 0 Å². The molecule has 0 aromatic rings. The van der Waals surface area contributed by atoms with Gasteiger partial charge in [-0.3, -0.25) is 4.90 Å². The van der Waals surface area contributed by atoms with Gasteiger partial charge >= 0.3 is 6.18 Å². The van der Waals surface area contributed by atoms with E-state index in [0.29, 0.717) is 19.0 Å². The molecule has 2 nitrogen and oxygen atoms in total. The van der Waals surface area contributed by atoms with Crippen molar-refractivity contribution in [3.8, 4) is 0 Å². The predicted molar refractivity (Wildman–Crippen MR) is 81.4 cm³/mol. The number of alkyl halides is 3. The standard InChI is InChI=1S/C16H31F3N2/c1-4-9-21(13-16(17,18)19)12-15(7-5-6-8-15)11-20-10-14(2)3/h14,20H,4-13H2,1-3H3. The van der Waals surface area contributed by atoms with Crippen molar-refractivity contribution >= 4 is 0 Å². The molecule has 1 aliphatic rings. The molecule has 0 heterocycles. The molecule has 0 aliphatic heterocycles. The zero-order valence-electron chi connectivity index (χ0n) is 13.7. The zero-order valence-corrected chi connectivity index (χ0v) is 13.7. The SMILES string of the molecule is CCCN(CC(F)(F)F)CC1(CNCC(C)C)CCCC1. The minimum Gasteiger partial charge on any atom is -0.316 e. The molecule has 5 heteroatoms. The number of nitrogens with zero attached hydrogens (tertiary/aromatic N) is 1. The Labute approximate surface area is 127 Å². The summed E-state index contributed by atoms with van der Waals surface area (Å²) in [5.74, 6) is 0.574. The number of nitrogens with one attached hydrogen (secondary N) is 1. The van der Waals surface area contributed by atoms with E-state index < -0.39 is 12.7 Å². The normalized spacial score (nSPS) is 18.9. The van der Waals surface area contributed by atoms with Crippen molar-refractivity contribution in [3.05, 3.63) is 0 Å². The smallest absolute Gasteiger partial charge is 0.316 e. The molecule has 0 spiro atoms. The van der Waals surface area contributed by atoms with Crippen molar-refractivity contribution in [2.75, 3.05) is 32.7 Å². The lowest BCUT2D eigenvalue weighted by molar-refractivity contribution is -0.149. The molecule has 0 aromatic carbocycles. The Bertz CT molecular complexity index is 284. The maximum atomic E-state index is 12.7. The number of halogens is 3. The van der Waals surface area contributed by atoms with Gasteiger partial charge in [-0.25, -0.2) is 0 Å². The second-order valence-electron chi connectivity index (χ2n) is 7.06. The lowest BCUT2D eigenvalue weighted by atomic mass is 9.85. The van der Waals surface area contributed by atoms with Crippen LogP contribution in [0.4, 0.5) is 13.2 Å². The third-order valence-electron chi connectivity index (χ3n) is 4.22. The molecule has 1 aliphatic carbocycles. The van der Waals surface area contributed by atoms with Gasteiger partial charge in [-0.15, -0.1) is 0 Å². The van der Waals surface area contributed by atoms with Crippen molar-refractivity contribution in [2.45, 2.75) is 59.1 Å². The second kappa shape index (κ2) is 8.37. The summed E-state index contributed by atoms with van der Waals surface area (Å²) in [6.07, 6.45) is 1.07. The summed E-state index contributed by atoms with van der Waals surface area (Å²) >= 11 is 0. The fourth-order valence-corrected chi connectivity index (χ4v) is 3.40.